The molecule has 0 saturated carbocycles. The van der Waals surface area contributed by atoms with Crippen LogP contribution in [0, 0.1) is 6.92 Å². The van der Waals surface area contributed by atoms with Crippen molar-refractivity contribution in [2.45, 2.75) is 6.92 Å². The smallest absolute Gasteiger partial charge is 0.136 e. The second-order valence-electron chi connectivity index (χ2n) is 5.83. The molecule has 2 N–H and O–H groups in total. The number of nitrogens with zero attached hydrogens (tertiary/aromatic N) is 3. The molecule has 4 rings (SSSR count). The summed E-state index contributed by atoms with van der Waals surface area (Å²) in [6, 6.07) is 19.3. The van der Waals surface area contributed by atoms with Crippen LogP contribution in [0.1, 0.15) is 5.82 Å². The molecular weight excluding hydrogens is 346 g/mol. The molecular formula is C20H16ClN5. The second-order valence-corrected chi connectivity index (χ2v) is 6.26. The molecule has 0 atom stereocenters. The number of aromatic nitrogens is 3. The van der Waals surface area contributed by atoms with Crippen molar-refractivity contribution in [3.05, 3.63) is 77.7 Å². The predicted molar refractivity (Wildman–Crippen MR) is 107 cm³/mol. The molecule has 0 unspecified atom stereocenters. The topological polar surface area (TPSA) is 62.7 Å². The summed E-state index contributed by atoms with van der Waals surface area (Å²) in [6.07, 6.45) is 1.78. The van der Waals surface area contributed by atoms with Crippen LogP contribution in [-0.2, 0) is 0 Å². The van der Waals surface area contributed by atoms with Crippen LogP contribution in [0.15, 0.2) is 66.9 Å². The molecule has 2 aromatic carbocycles. The lowest BCUT2D eigenvalue weighted by molar-refractivity contribution is 1.06. The Labute approximate surface area is 156 Å². The Morgan fingerprint density at radius 3 is 2.46 bits per heavy atom. The van der Waals surface area contributed by atoms with E-state index in [1.807, 2.05) is 67.6 Å². The number of hydrogen-bond donors (Lipinski definition) is 2. The van der Waals surface area contributed by atoms with Crippen LogP contribution in [0.4, 0.5) is 23.0 Å². The number of anilines is 4. The van der Waals surface area contributed by atoms with Gasteiger partial charge < -0.3 is 10.6 Å². The van der Waals surface area contributed by atoms with Crippen LogP contribution in [-0.4, -0.2) is 15.0 Å². The number of nitrogens with one attached hydrogen (secondary N) is 2. The van der Waals surface area contributed by atoms with Gasteiger partial charge in [-0.2, -0.15) is 0 Å². The summed E-state index contributed by atoms with van der Waals surface area (Å²) in [4.78, 5) is 13.4. The number of rotatable bonds is 4. The van der Waals surface area contributed by atoms with E-state index in [0.717, 1.165) is 22.3 Å². The highest BCUT2D eigenvalue weighted by atomic mass is 35.5. The van der Waals surface area contributed by atoms with E-state index in [0.29, 0.717) is 22.5 Å². The lowest BCUT2D eigenvalue weighted by Crippen LogP contribution is -2.02. The van der Waals surface area contributed by atoms with Crippen molar-refractivity contribution >= 4 is 45.5 Å². The van der Waals surface area contributed by atoms with Gasteiger partial charge in [0.2, 0.25) is 0 Å². The van der Waals surface area contributed by atoms with Gasteiger partial charge in [0.25, 0.3) is 0 Å². The first-order chi connectivity index (χ1) is 12.7. The third kappa shape index (κ3) is 3.58. The van der Waals surface area contributed by atoms with E-state index < -0.39 is 0 Å². The maximum Gasteiger partial charge on any atom is 0.136 e. The van der Waals surface area contributed by atoms with Crippen molar-refractivity contribution in [3.63, 3.8) is 0 Å². The van der Waals surface area contributed by atoms with E-state index in [1.165, 1.54) is 0 Å². The molecule has 0 amide bonds. The van der Waals surface area contributed by atoms with Crippen LogP contribution >= 0.6 is 11.6 Å². The SMILES string of the molecule is Cc1nc(Nc2cccc(Cl)c2)cc(Nc2cccc3cccnc23)n1. The van der Waals surface area contributed by atoms with Crippen LogP contribution in [0.3, 0.4) is 0 Å². The summed E-state index contributed by atoms with van der Waals surface area (Å²) in [5, 5.41) is 8.34. The second kappa shape index (κ2) is 6.98. The van der Waals surface area contributed by atoms with Gasteiger partial charge in [0, 0.05) is 28.4 Å². The van der Waals surface area contributed by atoms with E-state index in [9.17, 15) is 0 Å². The molecule has 2 heterocycles. The van der Waals surface area contributed by atoms with Gasteiger partial charge >= 0.3 is 0 Å². The molecule has 6 heteroatoms. The van der Waals surface area contributed by atoms with Crippen LogP contribution in [0.25, 0.3) is 10.9 Å². The van der Waals surface area contributed by atoms with Gasteiger partial charge in [-0.15, -0.1) is 0 Å². The number of aryl methyl sites for hydroxylation is 1. The Morgan fingerprint density at radius 2 is 1.62 bits per heavy atom. The quantitative estimate of drug-likeness (QED) is 0.504. The Bertz CT molecular complexity index is 1080. The van der Waals surface area contributed by atoms with Gasteiger partial charge in [-0.1, -0.05) is 35.9 Å². The highest BCUT2D eigenvalue weighted by Crippen LogP contribution is 2.26. The molecule has 0 aliphatic carbocycles. The average molecular weight is 362 g/mol. The minimum absolute atomic E-state index is 0.660. The molecule has 0 aliphatic rings. The van der Waals surface area contributed by atoms with Crippen LogP contribution < -0.4 is 10.6 Å². The van der Waals surface area contributed by atoms with Crippen molar-refractivity contribution in [1.29, 1.82) is 0 Å². The maximum atomic E-state index is 6.04. The summed E-state index contributed by atoms with van der Waals surface area (Å²) in [5.41, 5.74) is 2.67. The highest BCUT2D eigenvalue weighted by molar-refractivity contribution is 6.30. The van der Waals surface area contributed by atoms with Gasteiger partial charge in [0.1, 0.15) is 17.5 Å². The number of fused-ring (bicyclic) bond motifs is 1. The van der Waals surface area contributed by atoms with Crippen molar-refractivity contribution in [2.24, 2.45) is 0 Å². The number of hydrogen-bond acceptors (Lipinski definition) is 5. The van der Waals surface area contributed by atoms with Crippen molar-refractivity contribution in [2.75, 3.05) is 10.6 Å². The molecule has 0 spiro atoms. The standard InChI is InChI=1S/C20H16ClN5/c1-13-23-18(25-16-8-3-7-15(21)11-16)12-19(24-13)26-17-9-2-5-14-6-4-10-22-20(14)17/h2-12H,1H3,(H2,23,24,25,26). The minimum atomic E-state index is 0.660. The van der Waals surface area contributed by atoms with E-state index in [-0.39, 0.29) is 0 Å². The average Bonchev–Trinajstić information content (AvgIpc) is 2.61. The van der Waals surface area contributed by atoms with Gasteiger partial charge in [-0.25, -0.2) is 9.97 Å². The third-order valence-electron chi connectivity index (χ3n) is 3.83. The summed E-state index contributed by atoms with van der Waals surface area (Å²) in [5.74, 6) is 2.04. The summed E-state index contributed by atoms with van der Waals surface area (Å²) < 4.78 is 0. The highest BCUT2D eigenvalue weighted by Gasteiger charge is 2.06. The van der Waals surface area contributed by atoms with Gasteiger partial charge in [-0.3, -0.25) is 4.98 Å². The lowest BCUT2D eigenvalue weighted by Gasteiger charge is -2.11. The molecule has 0 aliphatic heterocycles. The number of halogens is 1. The molecule has 4 aromatic rings. The third-order valence-corrected chi connectivity index (χ3v) is 4.07. The molecule has 26 heavy (non-hydrogen) atoms. The van der Waals surface area contributed by atoms with Crippen LogP contribution in [0.2, 0.25) is 5.02 Å². The lowest BCUT2D eigenvalue weighted by atomic mass is 10.2. The number of para-hydroxylation sites is 1. The Morgan fingerprint density at radius 1 is 0.846 bits per heavy atom. The largest absolute Gasteiger partial charge is 0.340 e. The first-order valence-electron chi connectivity index (χ1n) is 8.16. The Hall–Kier alpha value is -3.18. The van der Waals surface area contributed by atoms with Crippen molar-refractivity contribution < 1.29 is 0 Å². The fourth-order valence-corrected chi connectivity index (χ4v) is 2.94. The van der Waals surface area contributed by atoms with Crippen molar-refractivity contribution in [3.8, 4) is 0 Å². The maximum absolute atomic E-state index is 6.04. The fraction of sp³-hybridized carbons (Fsp3) is 0.0500. The van der Waals surface area contributed by atoms with Gasteiger partial charge in [0.05, 0.1) is 11.2 Å². The molecule has 2 aromatic heterocycles. The molecule has 0 fully saturated rings. The number of benzene rings is 2. The van der Waals surface area contributed by atoms with Crippen molar-refractivity contribution in [1.82, 2.24) is 15.0 Å². The predicted octanol–water partition coefficient (Wildman–Crippen LogP) is 5.47. The first kappa shape index (κ1) is 16.3. The van der Waals surface area contributed by atoms with Crippen LogP contribution in [0.5, 0.6) is 0 Å². The monoisotopic (exact) mass is 361 g/mol. The van der Waals surface area contributed by atoms with E-state index in [4.69, 9.17) is 11.6 Å². The molecule has 128 valence electrons. The van der Waals surface area contributed by atoms with E-state index in [2.05, 4.69) is 25.6 Å². The zero-order chi connectivity index (χ0) is 17.9. The Kier molecular flexibility index (Phi) is 4.37. The zero-order valence-corrected chi connectivity index (χ0v) is 14.8. The molecule has 5 nitrogen and oxygen atoms in total. The molecule has 0 radical (unpaired) electrons. The summed E-state index contributed by atoms with van der Waals surface area (Å²) in [6.45, 7) is 1.86. The van der Waals surface area contributed by atoms with E-state index >= 15 is 0 Å². The molecule has 0 saturated heterocycles. The summed E-state index contributed by atoms with van der Waals surface area (Å²) in [7, 11) is 0. The zero-order valence-electron chi connectivity index (χ0n) is 14.1. The Balaban J connectivity index is 1.66. The number of pyridine rings is 1. The summed E-state index contributed by atoms with van der Waals surface area (Å²) >= 11 is 6.04. The fourth-order valence-electron chi connectivity index (χ4n) is 2.75. The first-order valence-corrected chi connectivity index (χ1v) is 8.54. The van der Waals surface area contributed by atoms with Gasteiger partial charge in [0.15, 0.2) is 0 Å². The molecule has 0 bridgehead atoms. The van der Waals surface area contributed by atoms with Gasteiger partial charge in [-0.05, 0) is 37.3 Å². The normalized spacial score (nSPS) is 10.7. The minimum Gasteiger partial charge on any atom is -0.340 e. The van der Waals surface area contributed by atoms with E-state index in [1.54, 1.807) is 6.20 Å².